The molecule has 0 saturated carbocycles. The zero-order valence-corrected chi connectivity index (χ0v) is 18.0. The molecule has 160 valence electrons. The average molecular weight is 455 g/mol. The fourth-order valence-corrected chi connectivity index (χ4v) is 5.08. The summed E-state index contributed by atoms with van der Waals surface area (Å²) >= 11 is 7.43. The van der Waals surface area contributed by atoms with E-state index in [1.54, 1.807) is 6.07 Å². The first kappa shape index (κ1) is 21.3. The number of aromatic nitrogens is 2. The second kappa shape index (κ2) is 8.69. The zero-order valence-electron chi connectivity index (χ0n) is 16.5. The molecule has 0 radical (unpaired) electrons. The third-order valence-corrected chi connectivity index (χ3v) is 6.68. The predicted molar refractivity (Wildman–Crippen MR) is 115 cm³/mol. The van der Waals surface area contributed by atoms with Gasteiger partial charge in [0.15, 0.2) is 0 Å². The van der Waals surface area contributed by atoms with Crippen LogP contribution in [0.5, 0.6) is 0 Å². The molecule has 2 aromatic heterocycles. The predicted octanol–water partition coefficient (Wildman–Crippen LogP) is 5.83. The number of alkyl halides is 3. The van der Waals surface area contributed by atoms with E-state index in [1.165, 1.54) is 6.33 Å². The maximum Gasteiger partial charge on any atom is 0.393 e. The summed E-state index contributed by atoms with van der Waals surface area (Å²) in [5, 5.41) is 4.88. The molecule has 1 N–H and O–H groups in total. The van der Waals surface area contributed by atoms with Gasteiger partial charge in [-0.1, -0.05) is 23.7 Å². The lowest BCUT2D eigenvalue weighted by Crippen LogP contribution is -2.38. The summed E-state index contributed by atoms with van der Waals surface area (Å²) in [7, 11) is 0. The Morgan fingerprint density at radius 2 is 1.97 bits per heavy atom. The van der Waals surface area contributed by atoms with Gasteiger partial charge in [-0.05, 0) is 43.0 Å². The Bertz CT molecular complexity index is 1030. The second-order valence-electron chi connectivity index (χ2n) is 7.74. The number of hydrogen-bond acceptors (Lipinski definition) is 5. The molecule has 1 aliphatic heterocycles. The van der Waals surface area contributed by atoms with E-state index >= 15 is 0 Å². The van der Waals surface area contributed by atoms with Crippen molar-refractivity contribution in [2.75, 3.05) is 18.4 Å². The number of nitrogens with zero attached hydrogens (tertiary/aromatic N) is 3. The highest BCUT2D eigenvalue weighted by Gasteiger charge is 2.29. The molecule has 9 heteroatoms. The Morgan fingerprint density at radius 1 is 1.20 bits per heavy atom. The topological polar surface area (TPSA) is 41.0 Å². The van der Waals surface area contributed by atoms with Crippen LogP contribution in [0.1, 0.15) is 28.8 Å². The lowest BCUT2D eigenvalue weighted by Gasteiger charge is -2.32. The van der Waals surface area contributed by atoms with Crippen LogP contribution >= 0.6 is 22.9 Å². The van der Waals surface area contributed by atoms with E-state index < -0.39 is 12.6 Å². The van der Waals surface area contributed by atoms with Gasteiger partial charge in [0.1, 0.15) is 17.0 Å². The van der Waals surface area contributed by atoms with Crippen LogP contribution < -0.4 is 5.32 Å². The van der Waals surface area contributed by atoms with Gasteiger partial charge in [-0.25, -0.2) is 9.97 Å². The van der Waals surface area contributed by atoms with E-state index in [1.807, 2.05) is 13.0 Å². The molecular formula is C21H22ClF3N4S. The van der Waals surface area contributed by atoms with E-state index in [4.69, 9.17) is 11.6 Å². The number of anilines is 1. The Hall–Kier alpha value is -1.90. The molecule has 0 bridgehead atoms. The third kappa shape index (κ3) is 5.22. The maximum atomic E-state index is 12.7. The van der Waals surface area contributed by atoms with E-state index in [0.29, 0.717) is 16.0 Å². The Balaban J connectivity index is 1.38. The van der Waals surface area contributed by atoms with E-state index in [-0.39, 0.29) is 10.9 Å². The van der Waals surface area contributed by atoms with Crippen LogP contribution in [0.15, 0.2) is 30.6 Å². The number of likely N-dealkylation sites (tertiary alicyclic amines) is 1. The van der Waals surface area contributed by atoms with Gasteiger partial charge in [-0.3, -0.25) is 4.90 Å². The minimum absolute atomic E-state index is 0.221. The quantitative estimate of drug-likeness (QED) is 0.526. The minimum Gasteiger partial charge on any atom is -0.367 e. The van der Waals surface area contributed by atoms with Gasteiger partial charge in [0, 0.05) is 35.6 Å². The molecule has 0 spiro atoms. The van der Waals surface area contributed by atoms with Crippen LogP contribution in [0.4, 0.5) is 19.0 Å². The summed E-state index contributed by atoms with van der Waals surface area (Å²) in [6, 6.07) is 7.92. The number of aryl methyl sites for hydroxylation is 1. The fraction of sp³-hybridized carbons (Fsp3) is 0.429. The first-order valence-electron chi connectivity index (χ1n) is 9.81. The van der Waals surface area contributed by atoms with Gasteiger partial charge in [-0.15, -0.1) is 11.3 Å². The number of nitrogens with one attached hydrogen (secondary N) is 1. The van der Waals surface area contributed by atoms with Crippen molar-refractivity contribution in [3.8, 4) is 0 Å². The van der Waals surface area contributed by atoms with Crippen LogP contribution in [-0.2, 0) is 13.0 Å². The molecule has 0 atom stereocenters. The first-order chi connectivity index (χ1) is 14.3. The van der Waals surface area contributed by atoms with Crippen LogP contribution in [0, 0.1) is 6.92 Å². The van der Waals surface area contributed by atoms with Crippen molar-refractivity contribution in [3.63, 3.8) is 0 Å². The Labute approximate surface area is 182 Å². The van der Waals surface area contributed by atoms with Gasteiger partial charge in [0.25, 0.3) is 0 Å². The van der Waals surface area contributed by atoms with Crippen molar-refractivity contribution in [2.24, 2.45) is 0 Å². The van der Waals surface area contributed by atoms with E-state index in [2.05, 4.69) is 32.3 Å². The largest absolute Gasteiger partial charge is 0.393 e. The highest BCUT2D eigenvalue weighted by molar-refractivity contribution is 7.18. The van der Waals surface area contributed by atoms with Crippen LogP contribution in [0.3, 0.4) is 0 Å². The smallest absolute Gasteiger partial charge is 0.367 e. The normalized spacial score (nSPS) is 16.3. The molecular weight excluding hydrogens is 433 g/mol. The number of halogens is 4. The Morgan fingerprint density at radius 3 is 2.67 bits per heavy atom. The van der Waals surface area contributed by atoms with Gasteiger partial charge < -0.3 is 5.32 Å². The highest BCUT2D eigenvalue weighted by Crippen LogP contribution is 2.33. The number of hydrogen-bond donors (Lipinski definition) is 1. The molecule has 3 aromatic rings. The summed E-state index contributed by atoms with van der Waals surface area (Å²) < 4.78 is 38.2. The molecule has 4 nitrogen and oxygen atoms in total. The number of thiophene rings is 1. The van der Waals surface area contributed by atoms with Crippen molar-refractivity contribution < 1.29 is 13.2 Å². The van der Waals surface area contributed by atoms with Crippen molar-refractivity contribution in [1.82, 2.24) is 14.9 Å². The SMILES string of the molecule is Cc1ccc(CN2CCC(Nc3ncnc4sc(CC(F)(F)F)cc34)CC2)c(Cl)c1. The minimum atomic E-state index is -4.23. The standard InChI is InChI=1S/C21H22ClF3N4S/c1-13-2-3-14(18(22)8-13)11-29-6-4-15(5-7-29)28-19-17-9-16(10-21(23,24)25)30-20(17)27-12-26-19/h2-3,8-9,12,15H,4-7,10-11H2,1H3,(H,26,27,28). The van der Waals surface area contributed by atoms with Crippen molar-refractivity contribution in [1.29, 1.82) is 0 Å². The van der Waals surface area contributed by atoms with Crippen LogP contribution in [0.25, 0.3) is 10.2 Å². The van der Waals surface area contributed by atoms with Gasteiger partial charge in [0.05, 0.1) is 11.8 Å². The number of fused-ring (bicyclic) bond motifs is 1. The van der Waals surface area contributed by atoms with Gasteiger partial charge in [0.2, 0.25) is 0 Å². The second-order valence-corrected chi connectivity index (χ2v) is 9.26. The molecule has 30 heavy (non-hydrogen) atoms. The average Bonchev–Trinajstić information content (AvgIpc) is 3.07. The van der Waals surface area contributed by atoms with E-state index in [0.717, 1.165) is 60.0 Å². The van der Waals surface area contributed by atoms with Crippen LogP contribution in [-0.4, -0.2) is 40.2 Å². The maximum absolute atomic E-state index is 12.7. The molecule has 1 fully saturated rings. The molecule has 1 aliphatic rings. The first-order valence-corrected chi connectivity index (χ1v) is 11.0. The van der Waals surface area contributed by atoms with E-state index in [9.17, 15) is 13.2 Å². The summed E-state index contributed by atoms with van der Waals surface area (Å²) in [5.74, 6) is 0.615. The molecule has 0 amide bonds. The molecule has 3 heterocycles. The summed E-state index contributed by atoms with van der Waals surface area (Å²) in [6.45, 7) is 4.67. The lowest BCUT2D eigenvalue weighted by molar-refractivity contribution is -0.126. The molecule has 1 saturated heterocycles. The van der Waals surface area contributed by atoms with Gasteiger partial charge in [-0.2, -0.15) is 13.2 Å². The number of rotatable bonds is 5. The number of benzene rings is 1. The third-order valence-electron chi connectivity index (χ3n) is 5.29. The lowest BCUT2D eigenvalue weighted by atomic mass is 10.0. The molecule has 1 aromatic carbocycles. The zero-order chi connectivity index (χ0) is 21.3. The summed E-state index contributed by atoms with van der Waals surface area (Å²) in [5.41, 5.74) is 2.27. The van der Waals surface area contributed by atoms with Crippen molar-refractivity contribution in [2.45, 2.75) is 44.9 Å². The number of piperidine rings is 1. The monoisotopic (exact) mass is 454 g/mol. The molecule has 4 rings (SSSR count). The molecule has 0 unspecified atom stereocenters. The Kier molecular flexibility index (Phi) is 6.18. The van der Waals surface area contributed by atoms with Crippen LogP contribution in [0.2, 0.25) is 5.02 Å². The summed E-state index contributed by atoms with van der Waals surface area (Å²) in [4.78, 5) is 11.6. The molecule has 0 aliphatic carbocycles. The van der Waals surface area contributed by atoms with Gasteiger partial charge >= 0.3 is 6.18 Å². The fourth-order valence-electron chi connectivity index (χ4n) is 3.76. The van der Waals surface area contributed by atoms with Crippen molar-refractivity contribution in [3.05, 3.63) is 51.6 Å². The summed E-state index contributed by atoms with van der Waals surface area (Å²) in [6.07, 6.45) is -1.90. The highest BCUT2D eigenvalue weighted by atomic mass is 35.5. The van der Waals surface area contributed by atoms with Crippen molar-refractivity contribution >= 4 is 39.0 Å².